The molecule has 0 aromatic heterocycles. The monoisotopic (exact) mass is 826 g/mol. The molecule has 0 aliphatic rings. The molecule has 0 saturated carbocycles. The maximum atomic E-state index is 12.6. The van der Waals surface area contributed by atoms with Crippen LogP contribution in [0.5, 0.6) is 0 Å². The summed E-state index contributed by atoms with van der Waals surface area (Å²) in [5.74, 6) is -0.333. The van der Waals surface area contributed by atoms with Gasteiger partial charge in [-0.1, -0.05) is 192 Å². The van der Waals surface area contributed by atoms with Crippen LogP contribution in [0.1, 0.15) is 226 Å². The Balaban J connectivity index is 3.94. The van der Waals surface area contributed by atoms with Crippen molar-refractivity contribution in [3.63, 3.8) is 0 Å². The Labute approximate surface area is 352 Å². The average Bonchev–Trinajstić information content (AvgIpc) is 3.20. The summed E-state index contributed by atoms with van der Waals surface area (Å²) in [6, 6.07) is 0. The molecule has 2 unspecified atom stereocenters. The molecule has 0 aromatic carbocycles. The number of nitrogens with two attached hydrogens (primary N) is 1. The quantitative estimate of drug-likeness (QED) is 0.0270. The number of phosphoric acid groups is 1. The van der Waals surface area contributed by atoms with Crippen LogP contribution < -0.4 is 5.73 Å². The van der Waals surface area contributed by atoms with Crippen LogP contribution in [0, 0.1) is 0 Å². The normalized spacial score (nSPS) is 13.7. The fourth-order valence-electron chi connectivity index (χ4n) is 6.71. The van der Waals surface area contributed by atoms with Gasteiger partial charge >= 0.3 is 13.8 Å². The molecule has 3 N–H and O–H groups in total. The summed E-state index contributed by atoms with van der Waals surface area (Å²) >= 11 is 0. The van der Waals surface area contributed by atoms with Gasteiger partial charge in [0.1, 0.15) is 6.10 Å². The minimum atomic E-state index is -4.28. The van der Waals surface area contributed by atoms with E-state index in [1.807, 2.05) is 0 Å². The predicted octanol–water partition coefficient (Wildman–Crippen LogP) is 14.6. The first-order valence-corrected chi connectivity index (χ1v) is 25.5. The van der Waals surface area contributed by atoms with E-state index in [0.29, 0.717) is 13.0 Å². The topological polar surface area (TPSA) is 117 Å². The van der Waals surface area contributed by atoms with Crippen LogP contribution in [0.15, 0.2) is 36.5 Å². The number of carbonyl (C=O) groups is 1. The van der Waals surface area contributed by atoms with Crippen molar-refractivity contribution < 1.29 is 32.8 Å². The standard InChI is InChI=1S/C48H92NO7P/c1-3-5-7-9-11-13-15-17-19-20-21-22-23-24-25-26-27-29-31-33-35-37-39-41-48(50)56-47(46-55-57(51,52)54-44-42-49)45-53-43-40-38-36-34-32-30-28-18-16-14-12-10-8-6-4-2/h10,12,16,18,20-21,47H,3-9,11,13-15,17,19,22-46,49H2,1-2H3,(H,51,52)/b12-10-,18-16-,21-20-. The Bertz CT molecular complexity index is 972. The summed E-state index contributed by atoms with van der Waals surface area (Å²) in [5.41, 5.74) is 5.38. The summed E-state index contributed by atoms with van der Waals surface area (Å²) in [6.45, 7) is 4.88. The molecular formula is C48H92NO7P. The van der Waals surface area contributed by atoms with E-state index in [1.54, 1.807) is 0 Å². The maximum absolute atomic E-state index is 12.6. The smallest absolute Gasteiger partial charge is 0.457 e. The Kier molecular flexibility index (Phi) is 44.8. The number of unbranched alkanes of at least 4 members (excludes halogenated alkanes) is 27. The second-order valence-electron chi connectivity index (χ2n) is 16.0. The Morgan fingerprint density at radius 1 is 0.526 bits per heavy atom. The lowest BCUT2D eigenvalue weighted by Gasteiger charge is -2.20. The van der Waals surface area contributed by atoms with E-state index in [9.17, 15) is 14.3 Å². The highest BCUT2D eigenvalue weighted by Gasteiger charge is 2.25. The van der Waals surface area contributed by atoms with Crippen molar-refractivity contribution in [1.82, 2.24) is 0 Å². The van der Waals surface area contributed by atoms with Crippen molar-refractivity contribution in [2.24, 2.45) is 5.73 Å². The maximum Gasteiger partial charge on any atom is 0.472 e. The summed E-state index contributed by atoms with van der Waals surface area (Å²) in [4.78, 5) is 22.5. The SMILES string of the molecule is CCCC/C=C\C/C=C\CCCCCCCCOCC(COP(=O)(O)OCCN)OC(=O)CCCCCCCCCCCCC/C=C\CCCCCCCCCC. The Morgan fingerprint density at radius 2 is 0.947 bits per heavy atom. The zero-order valence-corrected chi connectivity index (χ0v) is 38.2. The van der Waals surface area contributed by atoms with Crippen molar-refractivity contribution in [2.75, 3.05) is 33.0 Å². The molecule has 57 heavy (non-hydrogen) atoms. The van der Waals surface area contributed by atoms with E-state index >= 15 is 0 Å². The summed E-state index contributed by atoms with van der Waals surface area (Å²) in [5, 5.41) is 0. The molecule has 8 nitrogen and oxygen atoms in total. The molecule has 0 aliphatic heterocycles. The van der Waals surface area contributed by atoms with Crippen molar-refractivity contribution in [1.29, 1.82) is 0 Å². The largest absolute Gasteiger partial charge is 0.472 e. The molecule has 0 amide bonds. The van der Waals surface area contributed by atoms with E-state index in [4.69, 9.17) is 24.3 Å². The molecular weight excluding hydrogens is 734 g/mol. The highest BCUT2D eigenvalue weighted by Crippen LogP contribution is 2.43. The van der Waals surface area contributed by atoms with Crippen LogP contribution in [-0.4, -0.2) is 49.9 Å². The highest BCUT2D eigenvalue weighted by atomic mass is 31.2. The molecule has 0 spiro atoms. The molecule has 0 fully saturated rings. The third-order valence-corrected chi connectivity index (χ3v) is 11.3. The zero-order chi connectivity index (χ0) is 41.6. The summed E-state index contributed by atoms with van der Waals surface area (Å²) in [7, 11) is -4.28. The van der Waals surface area contributed by atoms with Gasteiger partial charge in [0.15, 0.2) is 0 Å². The van der Waals surface area contributed by atoms with Crippen molar-refractivity contribution >= 4 is 13.8 Å². The van der Waals surface area contributed by atoms with E-state index in [0.717, 1.165) is 44.9 Å². The van der Waals surface area contributed by atoms with Crippen LogP contribution in [0.4, 0.5) is 0 Å². The molecule has 336 valence electrons. The first-order valence-electron chi connectivity index (χ1n) is 24.0. The highest BCUT2D eigenvalue weighted by molar-refractivity contribution is 7.47. The van der Waals surface area contributed by atoms with E-state index in [-0.39, 0.29) is 32.3 Å². The van der Waals surface area contributed by atoms with Gasteiger partial charge in [-0.3, -0.25) is 13.8 Å². The fourth-order valence-corrected chi connectivity index (χ4v) is 7.48. The number of esters is 1. The number of allylic oxidation sites excluding steroid dienone is 6. The fraction of sp³-hybridized carbons (Fsp3) is 0.854. The van der Waals surface area contributed by atoms with Crippen LogP contribution in [0.3, 0.4) is 0 Å². The lowest BCUT2D eigenvalue weighted by Crippen LogP contribution is -2.28. The molecule has 0 aliphatic carbocycles. The minimum Gasteiger partial charge on any atom is -0.457 e. The molecule has 0 aromatic rings. The second kappa shape index (κ2) is 45.8. The third kappa shape index (κ3) is 45.7. The van der Waals surface area contributed by atoms with Gasteiger partial charge in [0.2, 0.25) is 0 Å². The molecule has 0 radical (unpaired) electrons. The molecule has 9 heteroatoms. The number of hydrogen-bond acceptors (Lipinski definition) is 7. The van der Waals surface area contributed by atoms with Crippen LogP contribution in [-0.2, 0) is 27.9 Å². The number of hydrogen-bond donors (Lipinski definition) is 2. The van der Waals surface area contributed by atoms with Gasteiger partial charge in [0.25, 0.3) is 0 Å². The van der Waals surface area contributed by atoms with Gasteiger partial charge in [-0.05, 0) is 64.2 Å². The lowest BCUT2D eigenvalue weighted by molar-refractivity contribution is -0.154. The van der Waals surface area contributed by atoms with E-state index in [2.05, 4.69) is 50.3 Å². The Hall–Kier alpha value is -1.28. The molecule has 0 bridgehead atoms. The van der Waals surface area contributed by atoms with Gasteiger partial charge in [-0.2, -0.15) is 0 Å². The number of carbonyl (C=O) groups excluding carboxylic acids is 1. The number of rotatable bonds is 46. The van der Waals surface area contributed by atoms with Gasteiger partial charge in [0, 0.05) is 19.6 Å². The molecule has 0 rings (SSSR count). The average molecular weight is 826 g/mol. The minimum absolute atomic E-state index is 0.0975. The van der Waals surface area contributed by atoms with Crippen LogP contribution in [0.25, 0.3) is 0 Å². The van der Waals surface area contributed by atoms with E-state index in [1.165, 1.54) is 161 Å². The van der Waals surface area contributed by atoms with Gasteiger partial charge in [0.05, 0.1) is 19.8 Å². The lowest BCUT2D eigenvalue weighted by atomic mass is 10.0. The summed E-state index contributed by atoms with van der Waals surface area (Å²) < 4.78 is 33.5. The van der Waals surface area contributed by atoms with Gasteiger partial charge in [-0.15, -0.1) is 0 Å². The first kappa shape index (κ1) is 55.7. The molecule has 0 saturated heterocycles. The predicted molar refractivity (Wildman–Crippen MR) is 243 cm³/mol. The first-order chi connectivity index (χ1) is 27.9. The molecule has 2 atom stereocenters. The van der Waals surface area contributed by atoms with Crippen molar-refractivity contribution in [3.05, 3.63) is 36.5 Å². The van der Waals surface area contributed by atoms with Crippen molar-refractivity contribution in [3.8, 4) is 0 Å². The number of phosphoric ester groups is 1. The van der Waals surface area contributed by atoms with Gasteiger partial charge < -0.3 is 20.1 Å². The second-order valence-corrected chi connectivity index (χ2v) is 17.4. The zero-order valence-electron chi connectivity index (χ0n) is 37.3. The van der Waals surface area contributed by atoms with Gasteiger partial charge in [-0.25, -0.2) is 4.57 Å². The van der Waals surface area contributed by atoms with Crippen LogP contribution >= 0.6 is 7.82 Å². The summed E-state index contributed by atoms with van der Waals surface area (Å²) in [6.07, 6.45) is 53.1. The Morgan fingerprint density at radius 3 is 1.44 bits per heavy atom. The van der Waals surface area contributed by atoms with Crippen LogP contribution in [0.2, 0.25) is 0 Å². The van der Waals surface area contributed by atoms with Crippen molar-refractivity contribution in [2.45, 2.75) is 232 Å². The third-order valence-electron chi connectivity index (χ3n) is 10.3. The van der Waals surface area contributed by atoms with E-state index < -0.39 is 13.9 Å². The number of ether oxygens (including phenoxy) is 2. The molecule has 0 heterocycles.